The normalized spacial score (nSPS) is 12.1. The number of aromatic amines is 1. The van der Waals surface area contributed by atoms with Gasteiger partial charge in [0.2, 0.25) is 5.88 Å². The molecule has 0 aliphatic heterocycles. The molecule has 5 nitrogen and oxygen atoms in total. The first-order chi connectivity index (χ1) is 8.19. The number of nitrogens with one attached hydrogen (secondary N) is 1. The third-order valence-corrected chi connectivity index (χ3v) is 3.33. The predicted molar refractivity (Wildman–Crippen MR) is 71.1 cm³/mol. The summed E-state index contributed by atoms with van der Waals surface area (Å²) in [5, 5.41) is 10.1. The summed E-state index contributed by atoms with van der Waals surface area (Å²) in [4.78, 5) is 25.7. The SMILES string of the molecule is CCC(C)(C)Cn1c(O)c(C(C)C)c(=O)[nH]c1=O. The molecule has 0 aliphatic rings. The van der Waals surface area contributed by atoms with Crippen LogP contribution in [-0.4, -0.2) is 14.7 Å². The molecule has 0 radical (unpaired) electrons. The Balaban J connectivity index is 3.42. The van der Waals surface area contributed by atoms with Crippen molar-refractivity contribution < 1.29 is 5.11 Å². The zero-order chi connectivity index (χ0) is 14.1. The zero-order valence-corrected chi connectivity index (χ0v) is 11.7. The van der Waals surface area contributed by atoms with E-state index in [1.807, 2.05) is 34.6 Å². The van der Waals surface area contributed by atoms with Crippen molar-refractivity contribution in [3.63, 3.8) is 0 Å². The Kier molecular flexibility index (Phi) is 4.04. The van der Waals surface area contributed by atoms with Gasteiger partial charge in [0, 0.05) is 6.54 Å². The first-order valence-electron chi connectivity index (χ1n) is 6.25. The molecule has 0 aliphatic carbocycles. The molecule has 0 unspecified atom stereocenters. The summed E-state index contributed by atoms with van der Waals surface area (Å²) >= 11 is 0. The standard InChI is InChI=1S/C13H22N2O3/c1-6-13(4,5)7-15-11(17)9(8(2)3)10(16)14-12(15)18/h8,17H,6-7H2,1-5H3,(H,14,16,18). The van der Waals surface area contributed by atoms with E-state index in [1.54, 1.807) is 0 Å². The lowest BCUT2D eigenvalue weighted by atomic mass is 9.90. The van der Waals surface area contributed by atoms with E-state index in [0.717, 1.165) is 6.42 Å². The summed E-state index contributed by atoms with van der Waals surface area (Å²) in [6.45, 7) is 10.0. The number of H-pyrrole nitrogens is 1. The molecule has 2 N–H and O–H groups in total. The Bertz CT molecular complexity index is 538. The quantitative estimate of drug-likeness (QED) is 0.860. The van der Waals surface area contributed by atoms with Gasteiger partial charge in [-0.25, -0.2) is 4.79 Å². The van der Waals surface area contributed by atoms with Crippen molar-refractivity contribution in [2.24, 2.45) is 5.41 Å². The van der Waals surface area contributed by atoms with E-state index in [9.17, 15) is 14.7 Å². The van der Waals surface area contributed by atoms with Gasteiger partial charge in [-0.2, -0.15) is 0 Å². The second-order valence-corrected chi connectivity index (χ2v) is 5.76. The molecule has 0 atom stereocenters. The van der Waals surface area contributed by atoms with Gasteiger partial charge in [-0.15, -0.1) is 0 Å². The fourth-order valence-electron chi connectivity index (χ4n) is 1.78. The fourth-order valence-corrected chi connectivity index (χ4v) is 1.78. The van der Waals surface area contributed by atoms with Crippen molar-refractivity contribution in [1.82, 2.24) is 9.55 Å². The molecule has 18 heavy (non-hydrogen) atoms. The third-order valence-electron chi connectivity index (χ3n) is 3.33. The van der Waals surface area contributed by atoms with Gasteiger partial charge in [0.1, 0.15) is 0 Å². The molecule has 102 valence electrons. The van der Waals surface area contributed by atoms with Crippen LogP contribution in [0.25, 0.3) is 0 Å². The second-order valence-electron chi connectivity index (χ2n) is 5.76. The lowest BCUT2D eigenvalue weighted by molar-refractivity contribution is 0.263. The first-order valence-corrected chi connectivity index (χ1v) is 6.25. The summed E-state index contributed by atoms with van der Waals surface area (Å²) in [5.74, 6) is -0.342. The Morgan fingerprint density at radius 2 is 1.89 bits per heavy atom. The van der Waals surface area contributed by atoms with E-state index in [4.69, 9.17) is 0 Å². The van der Waals surface area contributed by atoms with Gasteiger partial charge >= 0.3 is 5.69 Å². The number of rotatable bonds is 4. The molecule has 1 heterocycles. The van der Waals surface area contributed by atoms with Crippen LogP contribution in [0, 0.1) is 5.41 Å². The van der Waals surface area contributed by atoms with Crippen LogP contribution in [0.4, 0.5) is 0 Å². The van der Waals surface area contributed by atoms with Gasteiger partial charge in [-0.3, -0.25) is 14.3 Å². The largest absolute Gasteiger partial charge is 0.494 e. The maximum absolute atomic E-state index is 11.8. The van der Waals surface area contributed by atoms with E-state index in [-0.39, 0.29) is 22.8 Å². The molecule has 5 heteroatoms. The smallest absolute Gasteiger partial charge is 0.331 e. The molecule has 0 saturated carbocycles. The number of aromatic nitrogens is 2. The van der Waals surface area contributed by atoms with Gasteiger partial charge < -0.3 is 5.11 Å². The Morgan fingerprint density at radius 1 is 1.33 bits per heavy atom. The van der Waals surface area contributed by atoms with Crippen LogP contribution in [0.2, 0.25) is 0 Å². The molecule has 0 spiro atoms. The Labute approximate surface area is 106 Å². The van der Waals surface area contributed by atoms with Crippen LogP contribution in [0.1, 0.15) is 52.5 Å². The highest BCUT2D eigenvalue weighted by Crippen LogP contribution is 2.26. The Morgan fingerprint density at radius 3 is 2.33 bits per heavy atom. The summed E-state index contributed by atoms with van der Waals surface area (Å²) in [6.07, 6.45) is 0.870. The molecule has 0 amide bonds. The lowest BCUT2D eigenvalue weighted by Gasteiger charge is -2.24. The summed E-state index contributed by atoms with van der Waals surface area (Å²) in [5.41, 5.74) is -0.906. The van der Waals surface area contributed by atoms with Gasteiger partial charge in [-0.05, 0) is 17.8 Å². The number of aromatic hydroxyl groups is 1. The van der Waals surface area contributed by atoms with Gasteiger partial charge in [0.25, 0.3) is 5.56 Å². The van der Waals surface area contributed by atoms with Gasteiger partial charge in [0.05, 0.1) is 5.56 Å². The number of hydrogen-bond donors (Lipinski definition) is 2. The van der Waals surface area contributed by atoms with Crippen molar-refractivity contribution in [1.29, 1.82) is 0 Å². The van der Waals surface area contributed by atoms with E-state index in [2.05, 4.69) is 4.98 Å². The molecule has 1 aromatic rings. The highest BCUT2D eigenvalue weighted by atomic mass is 16.3. The summed E-state index contributed by atoms with van der Waals surface area (Å²) < 4.78 is 1.25. The molecular formula is C13H22N2O3. The lowest BCUT2D eigenvalue weighted by Crippen LogP contribution is -2.36. The summed E-state index contributed by atoms with van der Waals surface area (Å²) in [6, 6.07) is 0. The minimum atomic E-state index is -0.552. The van der Waals surface area contributed by atoms with Crippen LogP contribution in [0.15, 0.2) is 9.59 Å². The van der Waals surface area contributed by atoms with Gasteiger partial charge in [-0.1, -0.05) is 34.6 Å². The molecule has 0 bridgehead atoms. The minimum absolute atomic E-state index is 0.117. The van der Waals surface area contributed by atoms with Crippen LogP contribution in [-0.2, 0) is 6.54 Å². The second kappa shape index (κ2) is 5.00. The van der Waals surface area contributed by atoms with Crippen molar-refractivity contribution in [3.05, 3.63) is 26.4 Å². The van der Waals surface area contributed by atoms with Crippen LogP contribution < -0.4 is 11.2 Å². The fraction of sp³-hybridized carbons (Fsp3) is 0.692. The predicted octanol–water partition coefficient (Wildman–Crippen LogP) is 1.80. The Hall–Kier alpha value is -1.52. The average Bonchev–Trinajstić information content (AvgIpc) is 2.23. The molecule has 0 fully saturated rings. The maximum atomic E-state index is 11.8. The molecule has 0 aromatic carbocycles. The number of nitrogens with zero attached hydrogens (tertiary/aromatic N) is 1. The first kappa shape index (κ1) is 14.5. The highest BCUT2D eigenvalue weighted by Gasteiger charge is 2.22. The van der Waals surface area contributed by atoms with Crippen molar-refractivity contribution in [2.45, 2.75) is 53.5 Å². The maximum Gasteiger partial charge on any atom is 0.331 e. The van der Waals surface area contributed by atoms with Crippen LogP contribution in [0.5, 0.6) is 5.88 Å². The topological polar surface area (TPSA) is 75.1 Å². The number of hydrogen-bond acceptors (Lipinski definition) is 3. The van der Waals surface area contributed by atoms with Gasteiger partial charge in [0.15, 0.2) is 0 Å². The molecular weight excluding hydrogens is 232 g/mol. The molecule has 1 rings (SSSR count). The highest BCUT2D eigenvalue weighted by molar-refractivity contribution is 5.25. The van der Waals surface area contributed by atoms with E-state index in [0.29, 0.717) is 6.54 Å². The zero-order valence-electron chi connectivity index (χ0n) is 11.7. The third kappa shape index (κ3) is 2.83. The molecule has 0 saturated heterocycles. The average molecular weight is 254 g/mol. The van der Waals surface area contributed by atoms with Crippen molar-refractivity contribution in [3.8, 4) is 5.88 Å². The van der Waals surface area contributed by atoms with E-state index in [1.165, 1.54) is 4.57 Å². The van der Waals surface area contributed by atoms with E-state index < -0.39 is 11.2 Å². The van der Waals surface area contributed by atoms with Crippen LogP contribution in [0.3, 0.4) is 0 Å². The van der Waals surface area contributed by atoms with Crippen molar-refractivity contribution in [2.75, 3.05) is 0 Å². The van der Waals surface area contributed by atoms with Crippen molar-refractivity contribution >= 4 is 0 Å². The monoisotopic (exact) mass is 254 g/mol. The minimum Gasteiger partial charge on any atom is -0.494 e. The summed E-state index contributed by atoms with van der Waals surface area (Å²) in [7, 11) is 0. The van der Waals surface area contributed by atoms with E-state index >= 15 is 0 Å². The molecule has 1 aromatic heterocycles. The van der Waals surface area contributed by atoms with Crippen LogP contribution >= 0.6 is 0 Å².